The summed E-state index contributed by atoms with van der Waals surface area (Å²) < 4.78 is 5.57. The number of fused-ring (bicyclic) bond motifs is 1. The number of benzene rings is 1. The van der Waals surface area contributed by atoms with E-state index in [9.17, 15) is 9.59 Å². The Bertz CT molecular complexity index is 740. The smallest absolute Gasteiger partial charge is 0.234 e. The van der Waals surface area contributed by atoms with E-state index in [0.717, 1.165) is 22.2 Å². The van der Waals surface area contributed by atoms with Crippen LogP contribution in [-0.4, -0.2) is 17.4 Å². The minimum absolute atomic E-state index is 0.0494. The first-order valence-electron chi connectivity index (χ1n) is 7.46. The number of anilines is 1. The fourth-order valence-electron chi connectivity index (χ4n) is 2.82. The lowest BCUT2D eigenvalue weighted by molar-refractivity contribution is -0.134. The Balaban J connectivity index is 1.98. The van der Waals surface area contributed by atoms with Gasteiger partial charge in [-0.15, -0.1) is 0 Å². The number of amides is 2. The maximum Gasteiger partial charge on any atom is 0.234 e. The largest absolute Gasteiger partial charge is 0.464 e. The molecule has 1 aromatic carbocycles. The maximum absolute atomic E-state index is 12.1. The number of carbonyl (C=O) groups excluding carboxylic acids is 2. The molecular formula is C17H20N2O3. The van der Waals surface area contributed by atoms with Crippen molar-refractivity contribution in [2.75, 3.05) is 5.32 Å². The molecule has 3 rings (SSSR count). The third-order valence-electron chi connectivity index (χ3n) is 3.74. The predicted octanol–water partition coefficient (Wildman–Crippen LogP) is 3.16. The average molecular weight is 300 g/mol. The fraction of sp³-hybridized carbons (Fsp3) is 0.412. The van der Waals surface area contributed by atoms with Gasteiger partial charge in [-0.2, -0.15) is 0 Å². The second-order valence-electron chi connectivity index (χ2n) is 6.78. The van der Waals surface area contributed by atoms with Crippen LogP contribution < -0.4 is 10.6 Å². The molecule has 5 nitrogen and oxygen atoms in total. The first-order valence-corrected chi connectivity index (χ1v) is 7.46. The zero-order chi connectivity index (χ0) is 15.9. The van der Waals surface area contributed by atoms with E-state index in [1.165, 1.54) is 0 Å². The van der Waals surface area contributed by atoms with Crippen LogP contribution in [0.5, 0.6) is 0 Å². The minimum atomic E-state index is -0.330. The topological polar surface area (TPSA) is 71.3 Å². The van der Waals surface area contributed by atoms with Gasteiger partial charge in [0.05, 0.1) is 12.2 Å². The zero-order valence-electron chi connectivity index (χ0n) is 13.0. The van der Waals surface area contributed by atoms with Crippen LogP contribution in [0.2, 0.25) is 0 Å². The molecule has 2 aromatic rings. The highest BCUT2D eigenvalue weighted by Crippen LogP contribution is 2.34. The molecule has 0 aliphatic carbocycles. The Morgan fingerprint density at radius 2 is 2.05 bits per heavy atom. The molecule has 1 unspecified atom stereocenters. The number of hydrogen-bond acceptors (Lipinski definition) is 4. The van der Waals surface area contributed by atoms with Crippen LogP contribution in [0.25, 0.3) is 11.0 Å². The summed E-state index contributed by atoms with van der Waals surface area (Å²) in [5.41, 5.74) is 2.53. The van der Waals surface area contributed by atoms with Crippen LogP contribution in [0.15, 0.2) is 28.9 Å². The summed E-state index contributed by atoms with van der Waals surface area (Å²) in [4.78, 5) is 23.4. The molecule has 1 aromatic heterocycles. The molecule has 5 heteroatoms. The van der Waals surface area contributed by atoms with Crippen LogP contribution >= 0.6 is 0 Å². The molecule has 0 bridgehead atoms. The van der Waals surface area contributed by atoms with Gasteiger partial charge in [0.25, 0.3) is 0 Å². The van der Waals surface area contributed by atoms with E-state index in [0.29, 0.717) is 12.8 Å². The summed E-state index contributed by atoms with van der Waals surface area (Å²) in [6, 6.07) is 5.87. The van der Waals surface area contributed by atoms with E-state index in [4.69, 9.17) is 4.42 Å². The van der Waals surface area contributed by atoms with Gasteiger partial charge in [-0.05, 0) is 45.4 Å². The van der Waals surface area contributed by atoms with Crippen LogP contribution in [0.3, 0.4) is 0 Å². The molecule has 1 saturated heterocycles. The summed E-state index contributed by atoms with van der Waals surface area (Å²) in [5, 5.41) is 6.74. The molecule has 1 aliphatic rings. The number of piperidine rings is 1. The van der Waals surface area contributed by atoms with Gasteiger partial charge in [-0.25, -0.2) is 0 Å². The summed E-state index contributed by atoms with van der Waals surface area (Å²) >= 11 is 0. The van der Waals surface area contributed by atoms with Crippen molar-refractivity contribution < 1.29 is 14.0 Å². The van der Waals surface area contributed by atoms with Gasteiger partial charge in [0.2, 0.25) is 11.8 Å². The Labute approximate surface area is 129 Å². The summed E-state index contributed by atoms with van der Waals surface area (Å²) in [6.45, 7) is 6.27. The first kappa shape index (κ1) is 14.6. The van der Waals surface area contributed by atoms with Crippen molar-refractivity contribution in [3.8, 4) is 0 Å². The lowest BCUT2D eigenvalue weighted by Gasteiger charge is -2.22. The monoisotopic (exact) mass is 300 g/mol. The Hall–Kier alpha value is -2.30. The highest BCUT2D eigenvalue weighted by Gasteiger charge is 2.30. The van der Waals surface area contributed by atoms with Crippen molar-refractivity contribution in [3.63, 3.8) is 0 Å². The number of rotatable bonds is 2. The number of hydrogen-bond donors (Lipinski definition) is 2. The third-order valence-corrected chi connectivity index (χ3v) is 3.74. The van der Waals surface area contributed by atoms with E-state index in [1.54, 1.807) is 6.26 Å². The van der Waals surface area contributed by atoms with Crippen molar-refractivity contribution >= 4 is 28.5 Å². The summed E-state index contributed by atoms with van der Waals surface area (Å²) in [7, 11) is 0. The Kier molecular flexibility index (Phi) is 3.43. The van der Waals surface area contributed by atoms with E-state index in [-0.39, 0.29) is 23.3 Å². The number of furan rings is 1. The molecule has 1 atom stereocenters. The number of imide groups is 1. The maximum atomic E-state index is 12.1. The molecule has 0 spiro atoms. The highest BCUT2D eigenvalue weighted by molar-refractivity contribution is 6.02. The molecule has 0 saturated carbocycles. The van der Waals surface area contributed by atoms with Crippen LogP contribution in [0, 0.1) is 0 Å². The lowest BCUT2D eigenvalue weighted by atomic mass is 9.90. The third kappa shape index (κ3) is 2.84. The molecule has 116 valence electrons. The molecule has 1 aliphatic heterocycles. The zero-order valence-corrected chi connectivity index (χ0v) is 13.0. The standard InChI is InChI=1S/C17H20N2O3/c1-17(2,3)19-10-4-6-14-12(8-10)13(9-22-14)11-5-7-15(20)18-16(11)21/h4,6,8-9,11,19H,5,7H2,1-3H3,(H,18,20,21). The van der Waals surface area contributed by atoms with Crippen molar-refractivity contribution in [2.24, 2.45) is 0 Å². The molecule has 2 N–H and O–H groups in total. The first-order chi connectivity index (χ1) is 10.3. The van der Waals surface area contributed by atoms with E-state index < -0.39 is 0 Å². The molecule has 1 fully saturated rings. The van der Waals surface area contributed by atoms with Crippen LogP contribution in [0.4, 0.5) is 5.69 Å². The van der Waals surface area contributed by atoms with Gasteiger partial charge in [-0.1, -0.05) is 0 Å². The van der Waals surface area contributed by atoms with Gasteiger partial charge in [0.1, 0.15) is 5.58 Å². The van der Waals surface area contributed by atoms with E-state index in [1.807, 2.05) is 18.2 Å². The van der Waals surface area contributed by atoms with E-state index >= 15 is 0 Å². The van der Waals surface area contributed by atoms with Crippen LogP contribution in [0.1, 0.15) is 45.1 Å². The van der Waals surface area contributed by atoms with E-state index in [2.05, 4.69) is 31.4 Å². The molecule has 2 amide bonds. The van der Waals surface area contributed by atoms with Gasteiger partial charge in [0, 0.05) is 28.6 Å². The summed E-state index contributed by atoms with van der Waals surface area (Å²) in [6.07, 6.45) is 2.52. The Morgan fingerprint density at radius 3 is 2.73 bits per heavy atom. The summed E-state index contributed by atoms with van der Waals surface area (Å²) in [5.74, 6) is -0.777. The van der Waals surface area contributed by atoms with Crippen molar-refractivity contribution in [3.05, 3.63) is 30.0 Å². The lowest BCUT2D eigenvalue weighted by Crippen LogP contribution is -2.39. The molecular weight excluding hydrogens is 280 g/mol. The second-order valence-corrected chi connectivity index (χ2v) is 6.78. The van der Waals surface area contributed by atoms with Crippen molar-refractivity contribution in [1.82, 2.24) is 5.32 Å². The number of nitrogens with one attached hydrogen (secondary N) is 2. The van der Waals surface area contributed by atoms with Gasteiger partial charge >= 0.3 is 0 Å². The predicted molar refractivity (Wildman–Crippen MR) is 84.7 cm³/mol. The molecule has 2 heterocycles. The molecule has 22 heavy (non-hydrogen) atoms. The number of carbonyl (C=O) groups is 2. The van der Waals surface area contributed by atoms with Gasteiger partial charge < -0.3 is 9.73 Å². The highest BCUT2D eigenvalue weighted by atomic mass is 16.3. The Morgan fingerprint density at radius 1 is 1.27 bits per heavy atom. The molecule has 0 radical (unpaired) electrons. The SMILES string of the molecule is CC(C)(C)Nc1ccc2occ(C3CCC(=O)NC3=O)c2c1. The average Bonchev–Trinajstić information content (AvgIpc) is 2.80. The van der Waals surface area contributed by atoms with Crippen molar-refractivity contribution in [1.29, 1.82) is 0 Å². The van der Waals surface area contributed by atoms with Gasteiger partial charge in [0.15, 0.2) is 0 Å². The van der Waals surface area contributed by atoms with Crippen molar-refractivity contribution in [2.45, 2.75) is 45.1 Å². The second kappa shape index (κ2) is 5.16. The minimum Gasteiger partial charge on any atom is -0.464 e. The van der Waals surface area contributed by atoms with Gasteiger partial charge in [-0.3, -0.25) is 14.9 Å². The fourth-order valence-corrected chi connectivity index (χ4v) is 2.82. The van der Waals surface area contributed by atoms with Crippen LogP contribution in [-0.2, 0) is 9.59 Å². The normalized spacial score (nSPS) is 19.3. The quantitative estimate of drug-likeness (QED) is 0.836.